The summed E-state index contributed by atoms with van der Waals surface area (Å²) in [6, 6.07) is 0. The third kappa shape index (κ3) is 3.27. The molecule has 0 aliphatic carbocycles. The smallest absolute Gasteiger partial charge is 0.311 e. The molecule has 0 spiro atoms. The first kappa shape index (κ1) is 11.6. The van der Waals surface area contributed by atoms with Crippen LogP contribution in [-0.2, 0) is 17.6 Å². The van der Waals surface area contributed by atoms with Gasteiger partial charge in [-0.05, 0) is 11.8 Å². The van der Waals surface area contributed by atoms with Crippen LogP contribution in [0.1, 0.15) is 32.1 Å². The first-order valence-corrected chi connectivity index (χ1v) is 4.70. The van der Waals surface area contributed by atoms with Crippen molar-refractivity contribution >= 4 is 5.97 Å². The maximum absolute atomic E-state index is 11.4. The van der Waals surface area contributed by atoms with E-state index < -0.39 is 5.97 Å². The molecule has 15 heavy (non-hydrogen) atoms. The number of hydrogen-bond donors (Lipinski definition) is 2. The molecule has 0 unspecified atom stereocenters. The zero-order valence-electron chi connectivity index (χ0n) is 9.09. The van der Waals surface area contributed by atoms with E-state index in [1.54, 1.807) is 0 Å². The first-order chi connectivity index (χ1) is 6.79. The van der Waals surface area contributed by atoms with Gasteiger partial charge in [0.2, 0.25) is 0 Å². The molecule has 0 atom stereocenters. The Kier molecular flexibility index (Phi) is 3.02. The topological polar surface area (TPSA) is 83.3 Å². The summed E-state index contributed by atoms with van der Waals surface area (Å²) in [5, 5.41) is 10.8. The molecule has 0 aliphatic rings. The van der Waals surface area contributed by atoms with E-state index in [1.165, 1.54) is 0 Å². The van der Waals surface area contributed by atoms with E-state index in [9.17, 15) is 9.59 Å². The van der Waals surface area contributed by atoms with Crippen LogP contribution < -0.4 is 5.56 Å². The van der Waals surface area contributed by atoms with Gasteiger partial charge in [0.25, 0.3) is 5.56 Å². The second-order valence-electron chi connectivity index (χ2n) is 4.74. The van der Waals surface area contributed by atoms with Crippen LogP contribution in [-0.4, -0.2) is 16.2 Å². The molecule has 1 heterocycles. The molecule has 0 radical (unpaired) electrons. The van der Waals surface area contributed by atoms with Gasteiger partial charge in [-0.15, -0.1) is 0 Å². The Hall–Kier alpha value is -1.52. The number of carboxylic acid groups (broad SMARTS) is 1. The summed E-state index contributed by atoms with van der Waals surface area (Å²) in [7, 11) is 0. The average molecular weight is 213 g/mol. The fourth-order valence-electron chi connectivity index (χ4n) is 1.35. The maximum Gasteiger partial charge on any atom is 0.311 e. The van der Waals surface area contributed by atoms with E-state index in [-0.39, 0.29) is 23.2 Å². The summed E-state index contributed by atoms with van der Waals surface area (Å²) < 4.78 is 4.83. The van der Waals surface area contributed by atoms with Crippen molar-refractivity contribution in [1.29, 1.82) is 0 Å². The highest BCUT2D eigenvalue weighted by Gasteiger charge is 2.21. The lowest BCUT2D eigenvalue weighted by molar-refractivity contribution is -0.136. The highest BCUT2D eigenvalue weighted by Crippen LogP contribution is 2.20. The van der Waals surface area contributed by atoms with E-state index >= 15 is 0 Å². The molecule has 5 nitrogen and oxygen atoms in total. The number of hydrogen-bond acceptors (Lipinski definition) is 3. The zero-order valence-corrected chi connectivity index (χ0v) is 9.09. The Morgan fingerprint density at radius 3 is 2.53 bits per heavy atom. The number of rotatable bonds is 3. The highest BCUT2D eigenvalue weighted by atomic mass is 16.5. The molecule has 0 aliphatic heterocycles. The summed E-state index contributed by atoms with van der Waals surface area (Å²) in [5.74, 6) is -0.782. The minimum atomic E-state index is -1.01. The molecule has 1 aromatic rings. The number of H-pyrrole nitrogens is 1. The van der Waals surface area contributed by atoms with Crippen molar-refractivity contribution in [3.63, 3.8) is 0 Å². The van der Waals surface area contributed by atoms with Gasteiger partial charge in [0.1, 0.15) is 6.42 Å². The average Bonchev–Trinajstić information content (AvgIpc) is 2.32. The fraction of sp³-hybridized carbons (Fsp3) is 0.600. The predicted octanol–water partition coefficient (Wildman–Crippen LogP) is 1.18. The van der Waals surface area contributed by atoms with Gasteiger partial charge in [-0.25, -0.2) is 0 Å². The minimum Gasteiger partial charge on any atom is -0.481 e. The Morgan fingerprint density at radius 1 is 1.47 bits per heavy atom. The lowest BCUT2D eigenvalue weighted by Crippen LogP contribution is -2.17. The highest BCUT2D eigenvalue weighted by molar-refractivity contribution is 5.69. The molecule has 1 aromatic heterocycles. The van der Waals surface area contributed by atoms with Crippen LogP contribution in [0.4, 0.5) is 0 Å². The van der Waals surface area contributed by atoms with Crippen molar-refractivity contribution in [3.05, 3.63) is 21.7 Å². The molecule has 84 valence electrons. The second kappa shape index (κ2) is 3.92. The Labute approximate surface area is 87.1 Å². The Morgan fingerprint density at radius 2 is 2.07 bits per heavy atom. The van der Waals surface area contributed by atoms with Crippen molar-refractivity contribution in [3.8, 4) is 0 Å². The van der Waals surface area contributed by atoms with Crippen LogP contribution in [0.2, 0.25) is 0 Å². The van der Waals surface area contributed by atoms with E-state index in [0.29, 0.717) is 12.0 Å². The summed E-state index contributed by atoms with van der Waals surface area (Å²) in [5.41, 5.74) is 0.0236. The predicted molar refractivity (Wildman–Crippen MR) is 53.8 cm³/mol. The van der Waals surface area contributed by atoms with Crippen LogP contribution in [0.5, 0.6) is 0 Å². The summed E-state index contributed by atoms with van der Waals surface area (Å²) in [6.45, 7) is 5.93. The fourth-order valence-corrected chi connectivity index (χ4v) is 1.35. The molecule has 1 rings (SSSR count). The van der Waals surface area contributed by atoms with Gasteiger partial charge in [0.15, 0.2) is 5.76 Å². The molecule has 0 fully saturated rings. The SMILES string of the molecule is CC(C)(C)Cc1c(CC(=O)O)o[nH]c1=O. The standard InChI is InChI=1S/C10H15NO4/c1-10(2,3)5-6-7(4-8(12)13)15-11-9(6)14/h4-5H2,1-3H3,(H,11,14)(H,12,13). The van der Waals surface area contributed by atoms with Crippen LogP contribution in [0, 0.1) is 5.41 Å². The van der Waals surface area contributed by atoms with Crippen molar-refractivity contribution in [2.75, 3.05) is 0 Å². The molecule has 0 amide bonds. The normalized spacial score (nSPS) is 11.7. The largest absolute Gasteiger partial charge is 0.481 e. The number of aliphatic carboxylic acids is 1. The van der Waals surface area contributed by atoms with Crippen LogP contribution in [0.15, 0.2) is 9.32 Å². The van der Waals surface area contributed by atoms with Crippen molar-refractivity contribution in [1.82, 2.24) is 5.16 Å². The van der Waals surface area contributed by atoms with E-state index in [1.807, 2.05) is 20.8 Å². The van der Waals surface area contributed by atoms with Gasteiger partial charge in [-0.3, -0.25) is 9.59 Å². The van der Waals surface area contributed by atoms with Crippen molar-refractivity contribution in [2.24, 2.45) is 5.41 Å². The van der Waals surface area contributed by atoms with Gasteiger partial charge in [0, 0.05) is 0 Å². The van der Waals surface area contributed by atoms with Crippen molar-refractivity contribution < 1.29 is 14.4 Å². The summed E-state index contributed by atoms with van der Waals surface area (Å²) in [4.78, 5) is 21.9. The van der Waals surface area contributed by atoms with E-state index in [4.69, 9.17) is 9.63 Å². The van der Waals surface area contributed by atoms with Gasteiger partial charge in [0.05, 0.1) is 5.56 Å². The molecule has 0 aromatic carbocycles. The molecular formula is C10H15NO4. The van der Waals surface area contributed by atoms with E-state index in [0.717, 1.165) is 0 Å². The number of carbonyl (C=O) groups is 1. The first-order valence-electron chi connectivity index (χ1n) is 4.70. The van der Waals surface area contributed by atoms with Crippen LogP contribution >= 0.6 is 0 Å². The minimum absolute atomic E-state index is 0.0792. The number of aromatic nitrogens is 1. The molecule has 0 saturated heterocycles. The quantitative estimate of drug-likeness (QED) is 0.789. The lowest BCUT2D eigenvalue weighted by atomic mass is 9.88. The number of carboxylic acids is 1. The summed E-state index contributed by atoms with van der Waals surface area (Å²) in [6.07, 6.45) is 0.242. The molecule has 5 heteroatoms. The third-order valence-corrected chi connectivity index (χ3v) is 1.90. The maximum atomic E-state index is 11.4. The monoisotopic (exact) mass is 213 g/mol. The van der Waals surface area contributed by atoms with Crippen LogP contribution in [0.25, 0.3) is 0 Å². The molecular weight excluding hydrogens is 198 g/mol. The molecule has 0 bridgehead atoms. The van der Waals surface area contributed by atoms with Gasteiger partial charge in [-0.1, -0.05) is 20.8 Å². The molecule has 0 saturated carbocycles. The number of aromatic amines is 1. The second-order valence-corrected chi connectivity index (χ2v) is 4.74. The lowest BCUT2D eigenvalue weighted by Gasteiger charge is -2.16. The number of nitrogens with one attached hydrogen (secondary N) is 1. The van der Waals surface area contributed by atoms with Gasteiger partial charge >= 0.3 is 5.97 Å². The van der Waals surface area contributed by atoms with Gasteiger partial charge < -0.3 is 9.63 Å². The van der Waals surface area contributed by atoms with Gasteiger partial charge in [-0.2, -0.15) is 5.16 Å². The van der Waals surface area contributed by atoms with Crippen LogP contribution in [0.3, 0.4) is 0 Å². The summed E-state index contributed by atoms with van der Waals surface area (Å²) >= 11 is 0. The van der Waals surface area contributed by atoms with Crippen molar-refractivity contribution in [2.45, 2.75) is 33.6 Å². The third-order valence-electron chi connectivity index (χ3n) is 1.90. The molecule has 2 N–H and O–H groups in total. The van der Waals surface area contributed by atoms with E-state index in [2.05, 4.69) is 5.16 Å². The Bertz CT molecular complexity index is 408. The Balaban J connectivity index is 2.99. The zero-order chi connectivity index (χ0) is 11.6.